The van der Waals surface area contributed by atoms with Crippen LogP contribution in [0, 0.1) is 5.92 Å². The second kappa shape index (κ2) is 5.89. The lowest BCUT2D eigenvalue weighted by atomic mass is 10.0. The minimum atomic E-state index is 0.239. The molecule has 5 heteroatoms. The zero-order valence-electron chi connectivity index (χ0n) is 10.00. The van der Waals surface area contributed by atoms with E-state index in [1.807, 2.05) is 0 Å². The van der Waals surface area contributed by atoms with Crippen molar-refractivity contribution in [3.8, 4) is 0 Å². The zero-order chi connectivity index (χ0) is 12.1. The first-order chi connectivity index (χ1) is 7.52. The Bertz CT molecular complexity index is 343. The minimum absolute atomic E-state index is 0.239. The van der Waals surface area contributed by atoms with Gasteiger partial charge >= 0.3 is 0 Å². The maximum Gasteiger partial charge on any atom is 0.222 e. The second-order valence-electron chi connectivity index (χ2n) is 4.22. The molecule has 0 bridgehead atoms. The summed E-state index contributed by atoms with van der Waals surface area (Å²) in [4.78, 5) is 7.89. The average Bonchev–Trinajstić information content (AvgIpc) is 2.23. The van der Waals surface area contributed by atoms with Gasteiger partial charge in [-0.2, -0.15) is 4.98 Å². The van der Waals surface area contributed by atoms with Crippen LogP contribution in [0.15, 0.2) is 6.20 Å². The lowest BCUT2D eigenvalue weighted by Crippen LogP contribution is -2.19. The van der Waals surface area contributed by atoms with Crippen molar-refractivity contribution in [2.75, 3.05) is 11.1 Å². The summed E-state index contributed by atoms with van der Waals surface area (Å²) in [6.45, 7) is 6.53. The van der Waals surface area contributed by atoms with Gasteiger partial charge in [0.05, 0.1) is 6.20 Å². The van der Waals surface area contributed by atoms with Gasteiger partial charge < -0.3 is 11.1 Å². The van der Waals surface area contributed by atoms with Crippen LogP contribution in [0.3, 0.4) is 0 Å². The van der Waals surface area contributed by atoms with E-state index in [1.54, 1.807) is 0 Å². The van der Waals surface area contributed by atoms with E-state index in [4.69, 9.17) is 17.3 Å². The van der Waals surface area contributed by atoms with E-state index in [0.29, 0.717) is 22.8 Å². The van der Waals surface area contributed by atoms with Gasteiger partial charge in [-0.15, -0.1) is 0 Å². The van der Waals surface area contributed by atoms with Crippen molar-refractivity contribution in [2.24, 2.45) is 5.92 Å². The molecule has 0 radical (unpaired) electrons. The molecule has 2 unspecified atom stereocenters. The van der Waals surface area contributed by atoms with Gasteiger partial charge in [-0.1, -0.05) is 31.9 Å². The Morgan fingerprint density at radius 3 is 2.81 bits per heavy atom. The molecular formula is C11H19ClN4. The van der Waals surface area contributed by atoms with Crippen LogP contribution in [0.2, 0.25) is 5.02 Å². The van der Waals surface area contributed by atoms with Gasteiger partial charge in [-0.25, -0.2) is 4.98 Å². The molecule has 0 spiro atoms. The second-order valence-corrected chi connectivity index (χ2v) is 4.63. The van der Waals surface area contributed by atoms with E-state index in [1.165, 1.54) is 12.6 Å². The standard InChI is InChI=1S/C11H19ClN4/c1-4-7(2)5-8(3)15-10-9(12)6-14-11(13)16-10/h6-8H,4-5H2,1-3H3,(H3,13,14,15,16). The first kappa shape index (κ1) is 13.0. The predicted molar refractivity (Wildman–Crippen MR) is 68.6 cm³/mol. The summed E-state index contributed by atoms with van der Waals surface area (Å²) >= 11 is 5.97. The molecule has 16 heavy (non-hydrogen) atoms. The zero-order valence-corrected chi connectivity index (χ0v) is 10.8. The summed E-state index contributed by atoms with van der Waals surface area (Å²) < 4.78 is 0. The fourth-order valence-corrected chi connectivity index (χ4v) is 1.69. The van der Waals surface area contributed by atoms with Crippen LogP contribution in [0.1, 0.15) is 33.6 Å². The van der Waals surface area contributed by atoms with Crippen molar-refractivity contribution >= 4 is 23.4 Å². The van der Waals surface area contributed by atoms with Crippen LogP contribution in [-0.2, 0) is 0 Å². The molecule has 0 aliphatic heterocycles. The van der Waals surface area contributed by atoms with Crippen LogP contribution in [0.4, 0.5) is 11.8 Å². The minimum Gasteiger partial charge on any atom is -0.368 e. The van der Waals surface area contributed by atoms with Gasteiger partial charge in [0, 0.05) is 6.04 Å². The lowest BCUT2D eigenvalue weighted by molar-refractivity contribution is 0.483. The first-order valence-corrected chi connectivity index (χ1v) is 5.95. The number of anilines is 2. The molecule has 0 saturated carbocycles. The van der Waals surface area contributed by atoms with Crippen molar-refractivity contribution in [3.05, 3.63) is 11.2 Å². The summed E-state index contributed by atoms with van der Waals surface area (Å²) in [6.07, 6.45) is 3.77. The normalized spacial score (nSPS) is 14.5. The van der Waals surface area contributed by atoms with Gasteiger partial charge in [0.1, 0.15) is 5.02 Å². The number of nitrogens with zero attached hydrogens (tertiary/aromatic N) is 2. The highest BCUT2D eigenvalue weighted by molar-refractivity contribution is 6.32. The van der Waals surface area contributed by atoms with Crippen LogP contribution in [0.5, 0.6) is 0 Å². The summed E-state index contributed by atoms with van der Waals surface area (Å²) in [6, 6.07) is 0.321. The van der Waals surface area contributed by atoms with Gasteiger partial charge in [0.2, 0.25) is 5.95 Å². The van der Waals surface area contributed by atoms with E-state index < -0.39 is 0 Å². The summed E-state index contributed by atoms with van der Waals surface area (Å²) in [5, 5.41) is 3.76. The quantitative estimate of drug-likeness (QED) is 0.833. The molecule has 0 fully saturated rings. The molecule has 1 aromatic rings. The largest absolute Gasteiger partial charge is 0.368 e. The number of nitrogen functional groups attached to an aromatic ring is 1. The highest BCUT2D eigenvalue weighted by atomic mass is 35.5. The smallest absolute Gasteiger partial charge is 0.222 e. The maximum absolute atomic E-state index is 5.97. The van der Waals surface area contributed by atoms with Crippen molar-refractivity contribution in [3.63, 3.8) is 0 Å². The summed E-state index contributed by atoms with van der Waals surface area (Å²) in [5.41, 5.74) is 5.51. The van der Waals surface area contributed by atoms with Gasteiger partial charge in [-0.3, -0.25) is 0 Å². The van der Waals surface area contributed by atoms with E-state index in [9.17, 15) is 0 Å². The van der Waals surface area contributed by atoms with E-state index in [2.05, 4.69) is 36.1 Å². The Kier molecular flexibility index (Phi) is 4.80. The predicted octanol–water partition coefficient (Wildman–Crippen LogP) is 2.95. The SMILES string of the molecule is CCC(C)CC(C)Nc1nc(N)ncc1Cl. The maximum atomic E-state index is 5.97. The Morgan fingerprint density at radius 2 is 2.19 bits per heavy atom. The Balaban J connectivity index is 2.61. The number of aromatic nitrogens is 2. The van der Waals surface area contributed by atoms with Crippen molar-refractivity contribution in [2.45, 2.75) is 39.7 Å². The summed E-state index contributed by atoms with van der Waals surface area (Å²) in [5.74, 6) is 1.54. The van der Waals surface area contributed by atoms with E-state index >= 15 is 0 Å². The number of halogens is 1. The molecule has 0 aromatic carbocycles. The molecular weight excluding hydrogens is 224 g/mol. The molecule has 1 rings (SSSR count). The third-order valence-corrected chi connectivity index (χ3v) is 2.88. The Morgan fingerprint density at radius 1 is 1.50 bits per heavy atom. The number of nitrogens with one attached hydrogen (secondary N) is 1. The molecule has 0 amide bonds. The molecule has 1 aromatic heterocycles. The highest BCUT2D eigenvalue weighted by Gasteiger charge is 2.10. The highest BCUT2D eigenvalue weighted by Crippen LogP contribution is 2.21. The molecule has 3 N–H and O–H groups in total. The van der Waals surface area contributed by atoms with Crippen molar-refractivity contribution in [1.29, 1.82) is 0 Å². The van der Waals surface area contributed by atoms with Crippen LogP contribution < -0.4 is 11.1 Å². The van der Waals surface area contributed by atoms with E-state index in [0.717, 1.165) is 6.42 Å². The monoisotopic (exact) mass is 242 g/mol. The number of hydrogen-bond donors (Lipinski definition) is 2. The molecule has 2 atom stereocenters. The Labute approximate surface area is 102 Å². The average molecular weight is 243 g/mol. The topological polar surface area (TPSA) is 63.8 Å². The van der Waals surface area contributed by atoms with Gasteiger partial charge in [0.25, 0.3) is 0 Å². The fraction of sp³-hybridized carbons (Fsp3) is 0.636. The Hall–Kier alpha value is -1.03. The van der Waals surface area contributed by atoms with Crippen molar-refractivity contribution < 1.29 is 0 Å². The number of nitrogens with two attached hydrogens (primary N) is 1. The van der Waals surface area contributed by atoms with Crippen LogP contribution in [-0.4, -0.2) is 16.0 Å². The molecule has 0 aliphatic carbocycles. The molecule has 90 valence electrons. The molecule has 0 aliphatic rings. The van der Waals surface area contributed by atoms with Gasteiger partial charge in [0.15, 0.2) is 5.82 Å². The third-order valence-electron chi connectivity index (χ3n) is 2.60. The number of rotatable bonds is 5. The first-order valence-electron chi connectivity index (χ1n) is 5.57. The van der Waals surface area contributed by atoms with E-state index in [-0.39, 0.29) is 5.95 Å². The molecule has 0 saturated heterocycles. The summed E-state index contributed by atoms with van der Waals surface area (Å²) in [7, 11) is 0. The van der Waals surface area contributed by atoms with Gasteiger partial charge in [-0.05, 0) is 19.3 Å². The van der Waals surface area contributed by atoms with Crippen LogP contribution >= 0.6 is 11.6 Å². The fourth-order valence-electron chi connectivity index (χ4n) is 1.54. The van der Waals surface area contributed by atoms with Crippen LogP contribution in [0.25, 0.3) is 0 Å². The molecule has 1 heterocycles. The number of hydrogen-bond acceptors (Lipinski definition) is 4. The molecule has 4 nitrogen and oxygen atoms in total. The third kappa shape index (κ3) is 3.85. The van der Waals surface area contributed by atoms with Crippen molar-refractivity contribution in [1.82, 2.24) is 9.97 Å². The lowest BCUT2D eigenvalue weighted by Gasteiger charge is -2.18.